The van der Waals surface area contributed by atoms with Crippen molar-refractivity contribution in [3.8, 4) is 5.75 Å². The maximum atomic E-state index is 10.8. The lowest BCUT2D eigenvalue weighted by Crippen LogP contribution is -2.01. The summed E-state index contributed by atoms with van der Waals surface area (Å²) in [6.07, 6.45) is 0. The molecule has 19 heavy (non-hydrogen) atoms. The first-order valence-electron chi connectivity index (χ1n) is 5.42. The van der Waals surface area contributed by atoms with Gasteiger partial charge in [0, 0.05) is 0 Å². The average molecular weight is 260 g/mol. The third-order valence-electron chi connectivity index (χ3n) is 2.41. The lowest BCUT2D eigenvalue weighted by Gasteiger charge is -2.10. The minimum atomic E-state index is -0.522. The predicted molar refractivity (Wildman–Crippen MR) is 71.6 cm³/mol. The number of hydrogen-bond acceptors (Lipinski definition) is 6. The molecule has 1 aromatic heterocycles. The summed E-state index contributed by atoms with van der Waals surface area (Å²) in [5, 5.41) is 13.7. The van der Waals surface area contributed by atoms with E-state index in [1.54, 1.807) is 12.1 Å². The third-order valence-corrected chi connectivity index (χ3v) is 2.41. The van der Waals surface area contributed by atoms with Crippen molar-refractivity contribution >= 4 is 23.0 Å². The normalized spacial score (nSPS) is 9.95. The van der Waals surface area contributed by atoms with Gasteiger partial charge in [-0.2, -0.15) is 0 Å². The molecule has 0 spiro atoms. The molecule has 0 atom stereocenters. The summed E-state index contributed by atoms with van der Waals surface area (Å²) in [4.78, 5) is 14.2. The molecule has 3 N–H and O–H groups in total. The van der Waals surface area contributed by atoms with Gasteiger partial charge in [-0.05, 0) is 12.1 Å². The number of ether oxygens (including phenoxy) is 1. The Morgan fingerprint density at radius 2 is 2.11 bits per heavy atom. The molecule has 0 bridgehead atoms. The Morgan fingerprint density at radius 3 is 2.79 bits per heavy atom. The molecule has 1 aromatic carbocycles. The van der Waals surface area contributed by atoms with Crippen molar-refractivity contribution in [1.82, 2.24) is 4.98 Å². The monoisotopic (exact) mass is 260 g/mol. The second-order valence-corrected chi connectivity index (χ2v) is 3.72. The van der Waals surface area contributed by atoms with Crippen LogP contribution in [0.2, 0.25) is 0 Å². The zero-order chi connectivity index (χ0) is 13.8. The zero-order valence-corrected chi connectivity index (χ0v) is 10.2. The van der Waals surface area contributed by atoms with E-state index in [2.05, 4.69) is 10.3 Å². The van der Waals surface area contributed by atoms with E-state index in [0.717, 1.165) is 0 Å². The molecule has 0 radical (unpaired) electrons. The van der Waals surface area contributed by atoms with Crippen LogP contribution in [0, 0.1) is 10.1 Å². The maximum Gasteiger partial charge on any atom is 0.276 e. The van der Waals surface area contributed by atoms with Gasteiger partial charge in [0.05, 0.1) is 29.9 Å². The largest absolute Gasteiger partial charge is 0.495 e. The number of hydrogen-bond donors (Lipinski definition) is 2. The second kappa shape index (κ2) is 5.21. The maximum absolute atomic E-state index is 10.8. The van der Waals surface area contributed by atoms with Crippen LogP contribution in [0.5, 0.6) is 5.75 Å². The highest BCUT2D eigenvalue weighted by atomic mass is 16.6. The van der Waals surface area contributed by atoms with Gasteiger partial charge in [0.2, 0.25) is 0 Å². The number of aromatic nitrogens is 1. The van der Waals surface area contributed by atoms with Crippen LogP contribution < -0.4 is 15.8 Å². The molecule has 0 unspecified atom stereocenters. The number of benzene rings is 1. The van der Waals surface area contributed by atoms with Crippen molar-refractivity contribution in [1.29, 1.82) is 0 Å². The van der Waals surface area contributed by atoms with Crippen molar-refractivity contribution in [2.45, 2.75) is 0 Å². The smallest absolute Gasteiger partial charge is 0.276 e. The van der Waals surface area contributed by atoms with Crippen LogP contribution in [0.1, 0.15) is 0 Å². The zero-order valence-electron chi connectivity index (χ0n) is 10.2. The summed E-state index contributed by atoms with van der Waals surface area (Å²) in [6.45, 7) is 0. The Kier molecular flexibility index (Phi) is 3.46. The van der Waals surface area contributed by atoms with Crippen LogP contribution in [-0.2, 0) is 0 Å². The van der Waals surface area contributed by atoms with E-state index >= 15 is 0 Å². The van der Waals surface area contributed by atoms with E-state index in [-0.39, 0.29) is 17.3 Å². The van der Waals surface area contributed by atoms with Gasteiger partial charge in [-0.25, -0.2) is 4.98 Å². The molecular formula is C12H12N4O3. The Balaban J connectivity index is 2.35. The number of anilines is 3. The molecule has 7 heteroatoms. The van der Waals surface area contributed by atoms with Crippen molar-refractivity contribution in [2.75, 3.05) is 18.2 Å². The van der Waals surface area contributed by atoms with Gasteiger partial charge in [0.1, 0.15) is 17.4 Å². The molecule has 0 amide bonds. The fourth-order valence-electron chi connectivity index (χ4n) is 1.59. The SMILES string of the molecule is COc1ccccc1Nc1cc([N+](=O)[O-])cc(N)n1. The molecular weight excluding hydrogens is 248 g/mol. The van der Waals surface area contributed by atoms with Gasteiger partial charge in [-0.1, -0.05) is 12.1 Å². The second-order valence-electron chi connectivity index (χ2n) is 3.72. The van der Waals surface area contributed by atoms with Crippen LogP contribution in [0.15, 0.2) is 36.4 Å². The fraction of sp³-hybridized carbons (Fsp3) is 0.0833. The quantitative estimate of drug-likeness (QED) is 0.645. The number of nitrogens with one attached hydrogen (secondary N) is 1. The Labute approximate surface area is 109 Å². The first kappa shape index (κ1) is 12.6. The Morgan fingerprint density at radius 1 is 1.37 bits per heavy atom. The van der Waals surface area contributed by atoms with E-state index in [9.17, 15) is 10.1 Å². The summed E-state index contributed by atoms with van der Waals surface area (Å²) in [5.74, 6) is 0.970. The standard InChI is InChI=1S/C12H12N4O3/c1-19-10-5-3-2-4-9(10)14-12-7-8(16(17)18)6-11(13)15-12/h2-7H,1H3,(H3,13,14,15). The van der Waals surface area contributed by atoms with Crippen molar-refractivity contribution < 1.29 is 9.66 Å². The molecule has 0 aliphatic rings. The Bertz CT molecular complexity index is 616. The first-order chi connectivity index (χ1) is 9.10. The van der Waals surface area contributed by atoms with Crippen molar-refractivity contribution in [3.05, 3.63) is 46.5 Å². The number of methoxy groups -OCH3 is 1. The summed E-state index contributed by atoms with van der Waals surface area (Å²) >= 11 is 0. The number of nitro groups is 1. The average Bonchev–Trinajstić information content (AvgIpc) is 2.38. The van der Waals surface area contributed by atoms with Gasteiger partial charge < -0.3 is 15.8 Å². The summed E-state index contributed by atoms with van der Waals surface area (Å²) in [7, 11) is 1.54. The number of pyridine rings is 1. The Hall–Kier alpha value is -2.83. The van der Waals surface area contributed by atoms with E-state index < -0.39 is 4.92 Å². The number of nitrogens with two attached hydrogens (primary N) is 1. The molecule has 2 aromatic rings. The van der Waals surface area contributed by atoms with E-state index in [1.165, 1.54) is 19.2 Å². The fourth-order valence-corrected chi connectivity index (χ4v) is 1.59. The van der Waals surface area contributed by atoms with E-state index in [1.807, 2.05) is 12.1 Å². The molecule has 0 saturated carbocycles. The molecule has 1 heterocycles. The molecule has 98 valence electrons. The molecule has 7 nitrogen and oxygen atoms in total. The van der Waals surface area contributed by atoms with Gasteiger partial charge in [-0.15, -0.1) is 0 Å². The highest BCUT2D eigenvalue weighted by Crippen LogP contribution is 2.28. The number of nitrogens with zero attached hydrogens (tertiary/aromatic N) is 2. The first-order valence-corrected chi connectivity index (χ1v) is 5.42. The van der Waals surface area contributed by atoms with Gasteiger partial charge in [0.25, 0.3) is 5.69 Å². The third kappa shape index (κ3) is 2.89. The minimum Gasteiger partial charge on any atom is -0.495 e. The van der Waals surface area contributed by atoms with Crippen LogP contribution in [0.3, 0.4) is 0 Å². The van der Waals surface area contributed by atoms with Crippen molar-refractivity contribution in [3.63, 3.8) is 0 Å². The van der Waals surface area contributed by atoms with Crippen LogP contribution >= 0.6 is 0 Å². The van der Waals surface area contributed by atoms with Gasteiger partial charge in [0.15, 0.2) is 0 Å². The van der Waals surface area contributed by atoms with Crippen LogP contribution in [0.4, 0.5) is 23.0 Å². The van der Waals surface area contributed by atoms with E-state index in [4.69, 9.17) is 10.5 Å². The number of rotatable bonds is 4. The van der Waals surface area contributed by atoms with E-state index in [0.29, 0.717) is 11.4 Å². The lowest BCUT2D eigenvalue weighted by atomic mass is 10.3. The number of para-hydroxylation sites is 2. The highest BCUT2D eigenvalue weighted by molar-refractivity contribution is 5.66. The molecule has 0 saturated heterocycles. The topological polar surface area (TPSA) is 103 Å². The predicted octanol–water partition coefficient (Wildman–Crippen LogP) is 2.32. The lowest BCUT2D eigenvalue weighted by molar-refractivity contribution is -0.384. The molecule has 0 fully saturated rings. The van der Waals surface area contributed by atoms with Crippen molar-refractivity contribution in [2.24, 2.45) is 0 Å². The molecule has 0 aliphatic heterocycles. The minimum absolute atomic E-state index is 0.0756. The van der Waals surface area contributed by atoms with Crippen LogP contribution in [0.25, 0.3) is 0 Å². The highest BCUT2D eigenvalue weighted by Gasteiger charge is 2.11. The summed E-state index contributed by atoms with van der Waals surface area (Å²) in [5.41, 5.74) is 6.06. The molecule has 2 rings (SSSR count). The van der Waals surface area contributed by atoms with Gasteiger partial charge in [-0.3, -0.25) is 10.1 Å². The van der Waals surface area contributed by atoms with Gasteiger partial charge >= 0.3 is 0 Å². The van der Waals surface area contributed by atoms with Crippen LogP contribution in [-0.4, -0.2) is 17.0 Å². The molecule has 0 aliphatic carbocycles. The summed E-state index contributed by atoms with van der Waals surface area (Å²) < 4.78 is 5.17. The number of nitrogen functional groups attached to an aromatic ring is 1. The summed E-state index contributed by atoms with van der Waals surface area (Å²) in [6, 6.07) is 9.68.